The van der Waals surface area contributed by atoms with Crippen molar-refractivity contribution in [1.82, 2.24) is 5.32 Å². The zero-order valence-corrected chi connectivity index (χ0v) is 15.1. The molecule has 22 heavy (non-hydrogen) atoms. The SMILES string of the molecule is CC(C)(O)CC[C@H](NC(=O)OC(C)(C)C)C(=O)OC(C)(C)C. The molecule has 0 unspecified atom stereocenters. The molecule has 1 atom stereocenters. The second kappa shape index (κ2) is 7.31. The maximum absolute atomic E-state index is 12.2. The van der Waals surface area contributed by atoms with Gasteiger partial charge in [-0.2, -0.15) is 0 Å². The number of carbonyl (C=O) groups excluding carboxylic acids is 2. The lowest BCUT2D eigenvalue weighted by Gasteiger charge is -2.27. The molecular weight excluding hydrogens is 286 g/mol. The Morgan fingerprint density at radius 2 is 1.41 bits per heavy atom. The van der Waals surface area contributed by atoms with E-state index < -0.39 is 34.9 Å². The van der Waals surface area contributed by atoms with Gasteiger partial charge in [0.2, 0.25) is 0 Å². The summed E-state index contributed by atoms with van der Waals surface area (Å²) in [5, 5.41) is 12.3. The Balaban J connectivity index is 4.86. The van der Waals surface area contributed by atoms with Crippen LogP contribution in [-0.2, 0) is 14.3 Å². The lowest BCUT2D eigenvalue weighted by molar-refractivity contribution is -0.157. The Labute approximate surface area is 133 Å². The minimum Gasteiger partial charge on any atom is -0.458 e. The summed E-state index contributed by atoms with van der Waals surface area (Å²) < 4.78 is 10.5. The molecule has 0 rings (SSSR count). The molecule has 0 aromatic rings. The van der Waals surface area contributed by atoms with Gasteiger partial charge in [0.25, 0.3) is 0 Å². The Kier molecular flexibility index (Phi) is 6.88. The Morgan fingerprint density at radius 1 is 0.955 bits per heavy atom. The summed E-state index contributed by atoms with van der Waals surface area (Å²) in [4.78, 5) is 24.1. The molecule has 0 aliphatic carbocycles. The second-order valence-corrected chi connectivity index (χ2v) is 8.08. The lowest BCUT2D eigenvalue weighted by Crippen LogP contribution is -2.46. The highest BCUT2D eigenvalue weighted by Crippen LogP contribution is 2.16. The first kappa shape index (κ1) is 20.7. The predicted octanol–water partition coefficient (Wildman–Crippen LogP) is 2.77. The van der Waals surface area contributed by atoms with Crippen LogP contribution in [0.4, 0.5) is 4.79 Å². The summed E-state index contributed by atoms with van der Waals surface area (Å²) >= 11 is 0. The van der Waals surface area contributed by atoms with Crippen molar-refractivity contribution in [3.8, 4) is 0 Å². The monoisotopic (exact) mass is 317 g/mol. The van der Waals surface area contributed by atoms with E-state index in [9.17, 15) is 14.7 Å². The Morgan fingerprint density at radius 3 is 1.77 bits per heavy atom. The molecular formula is C16H31NO5. The number of rotatable bonds is 5. The summed E-state index contributed by atoms with van der Waals surface area (Å²) in [7, 11) is 0. The molecule has 0 aliphatic heterocycles. The van der Waals surface area contributed by atoms with Gasteiger partial charge in [0.05, 0.1) is 5.60 Å². The van der Waals surface area contributed by atoms with Crippen LogP contribution < -0.4 is 5.32 Å². The van der Waals surface area contributed by atoms with Crippen LogP contribution in [0, 0.1) is 0 Å². The summed E-state index contributed by atoms with van der Waals surface area (Å²) in [6.07, 6.45) is -0.0798. The average Bonchev–Trinajstić information content (AvgIpc) is 2.17. The van der Waals surface area contributed by atoms with Gasteiger partial charge < -0.3 is 19.9 Å². The van der Waals surface area contributed by atoms with E-state index in [-0.39, 0.29) is 6.42 Å². The molecule has 0 aliphatic rings. The van der Waals surface area contributed by atoms with Crippen molar-refractivity contribution in [2.75, 3.05) is 0 Å². The van der Waals surface area contributed by atoms with Crippen LogP contribution in [0.15, 0.2) is 0 Å². The van der Waals surface area contributed by atoms with Crippen LogP contribution in [0.25, 0.3) is 0 Å². The fourth-order valence-electron chi connectivity index (χ4n) is 1.57. The third-order valence-corrected chi connectivity index (χ3v) is 2.43. The summed E-state index contributed by atoms with van der Waals surface area (Å²) in [6.45, 7) is 13.8. The van der Waals surface area contributed by atoms with Crippen molar-refractivity contribution in [2.24, 2.45) is 0 Å². The van der Waals surface area contributed by atoms with Gasteiger partial charge >= 0.3 is 12.1 Å². The van der Waals surface area contributed by atoms with E-state index in [1.807, 2.05) is 0 Å². The number of aliphatic hydroxyl groups is 1. The van der Waals surface area contributed by atoms with E-state index in [0.717, 1.165) is 0 Å². The maximum atomic E-state index is 12.2. The number of alkyl carbamates (subject to hydrolysis) is 1. The van der Waals surface area contributed by atoms with Crippen molar-refractivity contribution in [3.63, 3.8) is 0 Å². The van der Waals surface area contributed by atoms with Gasteiger partial charge in [-0.25, -0.2) is 9.59 Å². The number of esters is 1. The number of carbonyl (C=O) groups is 2. The molecule has 0 radical (unpaired) electrons. The molecule has 6 nitrogen and oxygen atoms in total. The highest BCUT2D eigenvalue weighted by Gasteiger charge is 2.30. The Bertz CT molecular complexity index is 385. The fourth-order valence-corrected chi connectivity index (χ4v) is 1.57. The Hall–Kier alpha value is -1.30. The largest absolute Gasteiger partial charge is 0.458 e. The first-order valence-corrected chi connectivity index (χ1v) is 7.54. The van der Waals surface area contributed by atoms with Crippen LogP contribution in [-0.4, -0.2) is 40.0 Å². The van der Waals surface area contributed by atoms with Gasteiger partial charge in [0.1, 0.15) is 17.2 Å². The average molecular weight is 317 g/mol. The molecule has 0 aromatic carbocycles. The van der Waals surface area contributed by atoms with Gasteiger partial charge in [-0.05, 0) is 68.2 Å². The van der Waals surface area contributed by atoms with Crippen LogP contribution in [0.1, 0.15) is 68.2 Å². The number of amides is 1. The van der Waals surface area contributed by atoms with E-state index in [4.69, 9.17) is 9.47 Å². The number of hydrogen-bond acceptors (Lipinski definition) is 5. The standard InChI is InChI=1S/C16H31NO5/c1-14(2,3)21-12(18)11(9-10-16(7,8)20)17-13(19)22-15(4,5)6/h11,20H,9-10H2,1-8H3,(H,17,19)/t11-/m0/s1. The first-order chi connectivity index (χ1) is 9.59. The summed E-state index contributed by atoms with van der Waals surface area (Å²) in [5.74, 6) is -0.539. The van der Waals surface area contributed by atoms with E-state index in [1.54, 1.807) is 55.4 Å². The number of hydrogen-bond donors (Lipinski definition) is 2. The van der Waals surface area contributed by atoms with E-state index >= 15 is 0 Å². The summed E-state index contributed by atoms with van der Waals surface area (Å²) in [6, 6.07) is -0.861. The van der Waals surface area contributed by atoms with Crippen LogP contribution >= 0.6 is 0 Å². The van der Waals surface area contributed by atoms with Crippen molar-refractivity contribution in [3.05, 3.63) is 0 Å². The van der Waals surface area contributed by atoms with Crippen LogP contribution in [0.3, 0.4) is 0 Å². The maximum Gasteiger partial charge on any atom is 0.408 e. The predicted molar refractivity (Wildman–Crippen MR) is 84.5 cm³/mol. The van der Waals surface area contributed by atoms with Gasteiger partial charge in [-0.1, -0.05) is 0 Å². The van der Waals surface area contributed by atoms with Crippen LogP contribution in [0.2, 0.25) is 0 Å². The van der Waals surface area contributed by atoms with E-state index in [1.165, 1.54) is 0 Å². The topological polar surface area (TPSA) is 84.9 Å². The molecule has 6 heteroatoms. The minimum absolute atomic E-state index is 0.262. The molecule has 0 fully saturated rings. The van der Waals surface area contributed by atoms with E-state index in [2.05, 4.69) is 5.32 Å². The zero-order chi connectivity index (χ0) is 17.8. The molecule has 1 amide bonds. The van der Waals surface area contributed by atoms with E-state index in [0.29, 0.717) is 6.42 Å². The zero-order valence-electron chi connectivity index (χ0n) is 15.1. The van der Waals surface area contributed by atoms with Gasteiger partial charge in [-0.3, -0.25) is 0 Å². The molecule has 0 bridgehead atoms. The smallest absolute Gasteiger partial charge is 0.408 e. The minimum atomic E-state index is -0.935. The molecule has 0 spiro atoms. The first-order valence-electron chi connectivity index (χ1n) is 7.54. The molecule has 130 valence electrons. The van der Waals surface area contributed by atoms with Crippen molar-refractivity contribution in [2.45, 2.75) is 91.1 Å². The molecule has 0 heterocycles. The summed E-state index contributed by atoms with van der Waals surface area (Å²) in [5.41, 5.74) is -2.24. The third-order valence-electron chi connectivity index (χ3n) is 2.43. The van der Waals surface area contributed by atoms with Gasteiger partial charge in [-0.15, -0.1) is 0 Å². The molecule has 0 saturated heterocycles. The van der Waals surface area contributed by atoms with Gasteiger partial charge in [0.15, 0.2) is 0 Å². The lowest BCUT2D eigenvalue weighted by atomic mass is 9.99. The quantitative estimate of drug-likeness (QED) is 0.762. The number of ether oxygens (including phenoxy) is 2. The van der Waals surface area contributed by atoms with Crippen LogP contribution in [0.5, 0.6) is 0 Å². The normalized spacial score (nSPS) is 14.2. The van der Waals surface area contributed by atoms with Crippen molar-refractivity contribution in [1.29, 1.82) is 0 Å². The van der Waals surface area contributed by atoms with Gasteiger partial charge in [0, 0.05) is 0 Å². The molecule has 2 N–H and O–H groups in total. The third kappa shape index (κ3) is 11.4. The highest BCUT2D eigenvalue weighted by molar-refractivity contribution is 5.81. The number of nitrogens with one attached hydrogen (secondary N) is 1. The second-order valence-electron chi connectivity index (χ2n) is 8.08. The van der Waals surface area contributed by atoms with Crippen molar-refractivity contribution < 1.29 is 24.2 Å². The fraction of sp³-hybridized carbons (Fsp3) is 0.875. The van der Waals surface area contributed by atoms with Crippen molar-refractivity contribution >= 4 is 12.1 Å². The highest BCUT2D eigenvalue weighted by atomic mass is 16.6. The molecule has 0 aromatic heterocycles. The molecule has 0 saturated carbocycles.